The first-order valence-electron chi connectivity index (χ1n) is 7.15. The standard InChI is InChI=1S/C16H18FNO4S2/c1-11-8-12(5-6-13(11)17)24(20,21)15(14-4-3-7-23-14)9-18-16(19)10-22-2/h3-8,15H,9-10H2,1-2H3,(H,18,19)/t15-/m1/s1. The minimum absolute atomic E-state index is 0.0285. The predicted molar refractivity (Wildman–Crippen MR) is 90.3 cm³/mol. The summed E-state index contributed by atoms with van der Waals surface area (Å²) in [4.78, 5) is 12.2. The van der Waals surface area contributed by atoms with E-state index in [1.807, 2.05) is 0 Å². The molecule has 24 heavy (non-hydrogen) atoms. The molecule has 1 heterocycles. The van der Waals surface area contributed by atoms with Crippen molar-refractivity contribution in [1.82, 2.24) is 5.32 Å². The SMILES string of the molecule is COCC(=O)NC[C@H](c1cccs1)S(=O)(=O)c1ccc(F)c(C)c1. The molecule has 0 fully saturated rings. The van der Waals surface area contributed by atoms with Crippen molar-refractivity contribution in [2.24, 2.45) is 0 Å². The Morgan fingerprint density at radius 2 is 2.12 bits per heavy atom. The van der Waals surface area contributed by atoms with E-state index >= 15 is 0 Å². The van der Waals surface area contributed by atoms with E-state index in [-0.39, 0.29) is 23.6 Å². The van der Waals surface area contributed by atoms with Crippen molar-refractivity contribution in [2.45, 2.75) is 17.1 Å². The molecule has 0 unspecified atom stereocenters. The van der Waals surface area contributed by atoms with Crippen LogP contribution in [0.1, 0.15) is 15.7 Å². The highest BCUT2D eigenvalue weighted by atomic mass is 32.2. The maximum absolute atomic E-state index is 13.4. The van der Waals surface area contributed by atoms with Crippen LogP contribution in [-0.2, 0) is 19.4 Å². The molecular formula is C16H18FNO4S2. The Labute approximate surface area is 144 Å². The van der Waals surface area contributed by atoms with Gasteiger partial charge in [-0.25, -0.2) is 12.8 Å². The number of aryl methyl sites for hydroxylation is 1. The van der Waals surface area contributed by atoms with Crippen LogP contribution in [0, 0.1) is 12.7 Å². The number of hydrogen-bond acceptors (Lipinski definition) is 5. The van der Waals surface area contributed by atoms with Gasteiger partial charge >= 0.3 is 0 Å². The molecule has 0 spiro atoms. The van der Waals surface area contributed by atoms with Crippen molar-refractivity contribution in [3.05, 3.63) is 52.0 Å². The number of sulfone groups is 1. The minimum Gasteiger partial charge on any atom is -0.375 e. The number of benzene rings is 1. The van der Waals surface area contributed by atoms with E-state index in [4.69, 9.17) is 4.74 Å². The van der Waals surface area contributed by atoms with Gasteiger partial charge in [-0.05, 0) is 42.1 Å². The summed E-state index contributed by atoms with van der Waals surface area (Å²) in [6.07, 6.45) is 0. The molecule has 0 bridgehead atoms. The molecule has 130 valence electrons. The van der Waals surface area contributed by atoms with E-state index in [1.165, 1.54) is 37.5 Å². The Morgan fingerprint density at radius 1 is 1.38 bits per heavy atom. The van der Waals surface area contributed by atoms with Crippen molar-refractivity contribution in [2.75, 3.05) is 20.3 Å². The van der Waals surface area contributed by atoms with E-state index in [2.05, 4.69) is 5.32 Å². The van der Waals surface area contributed by atoms with Gasteiger partial charge in [0.2, 0.25) is 5.91 Å². The summed E-state index contributed by atoms with van der Waals surface area (Å²) in [7, 11) is -2.40. The molecule has 1 atom stereocenters. The van der Waals surface area contributed by atoms with E-state index in [1.54, 1.807) is 17.5 Å². The van der Waals surface area contributed by atoms with Gasteiger partial charge in [-0.15, -0.1) is 11.3 Å². The molecule has 1 aromatic carbocycles. The van der Waals surface area contributed by atoms with Gasteiger partial charge in [0, 0.05) is 18.5 Å². The van der Waals surface area contributed by atoms with Crippen molar-refractivity contribution >= 4 is 27.1 Å². The lowest BCUT2D eigenvalue weighted by Gasteiger charge is -2.18. The van der Waals surface area contributed by atoms with E-state index in [0.29, 0.717) is 4.88 Å². The maximum Gasteiger partial charge on any atom is 0.246 e. The molecule has 0 aliphatic heterocycles. The molecule has 1 N–H and O–H groups in total. The Morgan fingerprint density at radius 3 is 2.71 bits per heavy atom. The molecule has 0 aliphatic rings. The fraction of sp³-hybridized carbons (Fsp3) is 0.312. The number of halogens is 1. The summed E-state index contributed by atoms with van der Waals surface area (Å²) in [6.45, 7) is 1.28. The third kappa shape index (κ3) is 4.19. The molecule has 1 aromatic heterocycles. The van der Waals surface area contributed by atoms with Crippen LogP contribution >= 0.6 is 11.3 Å². The second-order valence-electron chi connectivity index (χ2n) is 5.20. The van der Waals surface area contributed by atoms with E-state index < -0.39 is 26.8 Å². The van der Waals surface area contributed by atoms with Crippen molar-refractivity contribution in [3.63, 3.8) is 0 Å². The summed E-state index contributed by atoms with van der Waals surface area (Å²) < 4.78 is 44.1. The Bertz CT molecular complexity index is 803. The lowest BCUT2D eigenvalue weighted by Crippen LogP contribution is -2.33. The molecule has 0 saturated carbocycles. The van der Waals surface area contributed by atoms with Crippen molar-refractivity contribution < 1.29 is 22.3 Å². The Kier molecular flexibility index (Phi) is 6.09. The van der Waals surface area contributed by atoms with Gasteiger partial charge in [0.1, 0.15) is 17.7 Å². The van der Waals surface area contributed by atoms with Crippen LogP contribution in [0.25, 0.3) is 0 Å². The number of hydrogen-bond donors (Lipinski definition) is 1. The van der Waals surface area contributed by atoms with Crippen LogP contribution in [0.5, 0.6) is 0 Å². The third-order valence-electron chi connectivity index (χ3n) is 3.45. The normalized spacial score (nSPS) is 12.8. The lowest BCUT2D eigenvalue weighted by molar-refractivity contribution is -0.124. The van der Waals surface area contributed by atoms with Gasteiger partial charge in [0.05, 0.1) is 4.90 Å². The molecule has 2 aromatic rings. The smallest absolute Gasteiger partial charge is 0.246 e. The number of amides is 1. The Hall–Kier alpha value is -1.77. The number of nitrogens with one attached hydrogen (secondary N) is 1. The molecule has 5 nitrogen and oxygen atoms in total. The highest BCUT2D eigenvalue weighted by Crippen LogP contribution is 2.32. The largest absolute Gasteiger partial charge is 0.375 e. The number of methoxy groups -OCH3 is 1. The van der Waals surface area contributed by atoms with Crippen LogP contribution < -0.4 is 5.32 Å². The predicted octanol–water partition coefficient (Wildman–Crippen LogP) is 2.47. The number of thiophene rings is 1. The number of carbonyl (C=O) groups excluding carboxylic acids is 1. The monoisotopic (exact) mass is 371 g/mol. The molecule has 2 rings (SSSR count). The molecular weight excluding hydrogens is 353 g/mol. The zero-order valence-corrected chi connectivity index (χ0v) is 14.9. The summed E-state index contributed by atoms with van der Waals surface area (Å²) in [5.41, 5.74) is 0.254. The van der Waals surface area contributed by atoms with Crippen LogP contribution in [0.2, 0.25) is 0 Å². The van der Waals surface area contributed by atoms with Crippen molar-refractivity contribution in [1.29, 1.82) is 0 Å². The third-order valence-corrected chi connectivity index (χ3v) is 6.67. The average Bonchev–Trinajstić information content (AvgIpc) is 3.04. The van der Waals surface area contributed by atoms with Crippen LogP contribution in [0.4, 0.5) is 4.39 Å². The molecule has 8 heteroatoms. The summed E-state index contributed by atoms with van der Waals surface area (Å²) in [6, 6.07) is 7.13. The fourth-order valence-electron chi connectivity index (χ4n) is 2.18. The lowest BCUT2D eigenvalue weighted by atomic mass is 10.2. The fourth-order valence-corrected chi connectivity index (χ4v) is 5.05. The summed E-state index contributed by atoms with van der Waals surface area (Å²) in [5.74, 6) is -0.862. The average molecular weight is 371 g/mol. The molecule has 1 amide bonds. The topological polar surface area (TPSA) is 72.5 Å². The summed E-state index contributed by atoms with van der Waals surface area (Å²) in [5, 5.41) is 3.39. The number of carbonyl (C=O) groups is 1. The second kappa shape index (κ2) is 7.87. The zero-order valence-electron chi connectivity index (χ0n) is 13.3. The second-order valence-corrected chi connectivity index (χ2v) is 8.31. The Balaban J connectivity index is 2.34. The summed E-state index contributed by atoms with van der Waals surface area (Å²) >= 11 is 1.29. The van der Waals surface area contributed by atoms with Gasteiger partial charge in [-0.2, -0.15) is 0 Å². The first-order valence-corrected chi connectivity index (χ1v) is 9.58. The van der Waals surface area contributed by atoms with Gasteiger partial charge in [0.15, 0.2) is 9.84 Å². The molecule has 0 radical (unpaired) electrons. The van der Waals surface area contributed by atoms with Gasteiger partial charge < -0.3 is 10.1 Å². The highest BCUT2D eigenvalue weighted by Gasteiger charge is 2.30. The first kappa shape index (κ1) is 18.6. The van der Waals surface area contributed by atoms with Gasteiger partial charge in [-0.3, -0.25) is 4.79 Å². The first-order chi connectivity index (χ1) is 11.4. The van der Waals surface area contributed by atoms with Crippen LogP contribution in [-0.4, -0.2) is 34.6 Å². The van der Waals surface area contributed by atoms with Gasteiger partial charge in [-0.1, -0.05) is 6.07 Å². The van der Waals surface area contributed by atoms with E-state index in [0.717, 1.165) is 6.07 Å². The quantitative estimate of drug-likeness (QED) is 0.759. The maximum atomic E-state index is 13.4. The van der Waals surface area contributed by atoms with Gasteiger partial charge in [0.25, 0.3) is 0 Å². The number of ether oxygens (including phenoxy) is 1. The minimum atomic E-state index is -3.79. The zero-order chi connectivity index (χ0) is 17.7. The molecule has 0 saturated heterocycles. The van der Waals surface area contributed by atoms with Crippen molar-refractivity contribution in [3.8, 4) is 0 Å². The highest BCUT2D eigenvalue weighted by molar-refractivity contribution is 7.91. The molecule has 0 aliphatic carbocycles. The number of rotatable bonds is 7. The van der Waals surface area contributed by atoms with Crippen LogP contribution in [0.3, 0.4) is 0 Å². The van der Waals surface area contributed by atoms with Crippen LogP contribution in [0.15, 0.2) is 40.6 Å². The van der Waals surface area contributed by atoms with E-state index in [9.17, 15) is 17.6 Å².